The quantitative estimate of drug-likeness (QED) is 0.748. The molecule has 3 heteroatoms. The molecule has 0 aliphatic heterocycles. The lowest BCUT2D eigenvalue weighted by Crippen LogP contribution is -2.12. The van der Waals surface area contributed by atoms with Crippen LogP contribution in [-0.4, -0.2) is 13.1 Å². The first-order chi connectivity index (χ1) is 9.70. The first-order valence-corrected chi connectivity index (χ1v) is 7.29. The molecule has 3 N–H and O–H groups in total. The molecule has 1 atom stereocenters. The molecule has 0 saturated heterocycles. The van der Waals surface area contributed by atoms with E-state index in [2.05, 4.69) is 37.4 Å². The van der Waals surface area contributed by atoms with Crippen molar-refractivity contribution in [1.82, 2.24) is 0 Å². The van der Waals surface area contributed by atoms with Gasteiger partial charge in [-0.15, -0.1) is 0 Å². The molecule has 2 aromatic rings. The van der Waals surface area contributed by atoms with Crippen LogP contribution in [0.2, 0.25) is 0 Å². The van der Waals surface area contributed by atoms with Crippen molar-refractivity contribution in [3.63, 3.8) is 0 Å². The Morgan fingerprint density at radius 2 is 2.15 bits per heavy atom. The number of anilines is 1. The van der Waals surface area contributed by atoms with E-state index in [9.17, 15) is 0 Å². The fraction of sp³-hybridized carbons (Fsp3) is 0.412. The fourth-order valence-corrected chi connectivity index (χ4v) is 2.25. The van der Waals surface area contributed by atoms with Gasteiger partial charge in [-0.1, -0.05) is 6.92 Å². The van der Waals surface area contributed by atoms with Crippen LogP contribution in [0.4, 0.5) is 5.69 Å². The van der Waals surface area contributed by atoms with E-state index in [1.165, 1.54) is 17.7 Å². The van der Waals surface area contributed by atoms with Gasteiger partial charge in [-0.3, -0.25) is 0 Å². The number of rotatable bonds is 7. The average Bonchev–Trinajstić information content (AvgIpc) is 2.98. The van der Waals surface area contributed by atoms with Gasteiger partial charge in [0.1, 0.15) is 5.76 Å². The van der Waals surface area contributed by atoms with E-state index in [0.29, 0.717) is 5.92 Å². The molecular formula is C17H24N2O. The van der Waals surface area contributed by atoms with E-state index >= 15 is 0 Å². The Labute approximate surface area is 121 Å². The zero-order valence-electron chi connectivity index (χ0n) is 12.4. The predicted molar refractivity (Wildman–Crippen MR) is 84.8 cm³/mol. The molecule has 1 heterocycles. The van der Waals surface area contributed by atoms with Crippen molar-refractivity contribution in [1.29, 1.82) is 0 Å². The van der Waals surface area contributed by atoms with Crippen LogP contribution in [0.25, 0.3) is 11.3 Å². The van der Waals surface area contributed by atoms with Crippen LogP contribution < -0.4 is 11.1 Å². The Morgan fingerprint density at radius 1 is 1.30 bits per heavy atom. The molecule has 0 bridgehead atoms. The van der Waals surface area contributed by atoms with Gasteiger partial charge in [0.25, 0.3) is 0 Å². The molecular weight excluding hydrogens is 248 g/mol. The normalized spacial score (nSPS) is 12.3. The maximum atomic E-state index is 5.62. The van der Waals surface area contributed by atoms with Crippen molar-refractivity contribution in [3.05, 3.63) is 42.2 Å². The highest BCUT2D eigenvalue weighted by Gasteiger charge is 2.04. The van der Waals surface area contributed by atoms with E-state index in [1.54, 1.807) is 6.26 Å². The van der Waals surface area contributed by atoms with Crippen LogP contribution >= 0.6 is 0 Å². The van der Waals surface area contributed by atoms with Gasteiger partial charge >= 0.3 is 0 Å². The number of nitrogens with one attached hydrogen (secondary N) is 1. The smallest absolute Gasteiger partial charge is 0.133 e. The second-order valence-corrected chi connectivity index (χ2v) is 5.42. The molecule has 2 rings (SSSR count). The van der Waals surface area contributed by atoms with Crippen molar-refractivity contribution in [2.45, 2.75) is 26.7 Å². The highest BCUT2D eigenvalue weighted by molar-refractivity contribution is 5.64. The van der Waals surface area contributed by atoms with E-state index in [4.69, 9.17) is 10.2 Å². The lowest BCUT2D eigenvalue weighted by molar-refractivity contribution is 0.529. The molecule has 0 spiro atoms. The predicted octanol–water partition coefficient (Wildman–Crippen LogP) is 4.04. The second kappa shape index (κ2) is 7.15. The summed E-state index contributed by atoms with van der Waals surface area (Å²) < 4.78 is 5.42. The summed E-state index contributed by atoms with van der Waals surface area (Å²) in [5, 5.41) is 3.49. The topological polar surface area (TPSA) is 51.2 Å². The fourth-order valence-electron chi connectivity index (χ4n) is 2.25. The molecule has 1 aromatic heterocycles. The minimum Gasteiger partial charge on any atom is -0.464 e. The Hall–Kier alpha value is -1.74. The summed E-state index contributed by atoms with van der Waals surface area (Å²) in [5.41, 5.74) is 9.18. The van der Waals surface area contributed by atoms with Gasteiger partial charge < -0.3 is 15.5 Å². The molecule has 0 aliphatic carbocycles. The van der Waals surface area contributed by atoms with Gasteiger partial charge in [0, 0.05) is 17.8 Å². The summed E-state index contributed by atoms with van der Waals surface area (Å²) in [4.78, 5) is 0. The molecule has 1 unspecified atom stereocenters. The molecule has 0 aliphatic rings. The third-order valence-electron chi connectivity index (χ3n) is 3.62. The monoisotopic (exact) mass is 272 g/mol. The minimum atomic E-state index is 0.610. The Bertz CT molecular complexity index is 520. The standard InChI is InChI=1S/C17H24N2O/c1-13(12-18)5-3-9-19-16-8-7-15(11-14(16)2)17-6-4-10-20-17/h4,6-8,10-11,13,19H,3,5,9,12,18H2,1-2H3. The van der Waals surface area contributed by atoms with E-state index in [1.807, 2.05) is 12.1 Å². The lowest BCUT2D eigenvalue weighted by Gasteiger charge is -2.12. The van der Waals surface area contributed by atoms with Crippen LogP contribution in [-0.2, 0) is 0 Å². The summed E-state index contributed by atoms with van der Waals surface area (Å²) in [5.74, 6) is 1.52. The molecule has 0 radical (unpaired) electrons. The van der Waals surface area contributed by atoms with E-state index in [0.717, 1.165) is 30.8 Å². The first-order valence-electron chi connectivity index (χ1n) is 7.29. The largest absolute Gasteiger partial charge is 0.464 e. The second-order valence-electron chi connectivity index (χ2n) is 5.42. The highest BCUT2D eigenvalue weighted by Crippen LogP contribution is 2.25. The molecule has 20 heavy (non-hydrogen) atoms. The number of benzene rings is 1. The Balaban J connectivity index is 1.90. The number of hydrogen-bond acceptors (Lipinski definition) is 3. The van der Waals surface area contributed by atoms with Crippen LogP contribution in [0.5, 0.6) is 0 Å². The average molecular weight is 272 g/mol. The third-order valence-corrected chi connectivity index (χ3v) is 3.62. The molecule has 3 nitrogen and oxygen atoms in total. The summed E-state index contributed by atoms with van der Waals surface area (Å²) in [6, 6.07) is 10.3. The zero-order valence-corrected chi connectivity index (χ0v) is 12.4. The molecule has 0 saturated carbocycles. The van der Waals surface area contributed by atoms with Gasteiger partial charge in [-0.25, -0.2) is 0 Å². The maximum absolute atomic E-state index is 5.62. The van der Waals surface area contributed by atoms with Crippen molar-refractivity contribution in [3.8, 4) is 11.3 Å². The number of aryl methyl sites for hydroxylation is 1. The Morgan fingerprint density at radius 3 is 2.80 bits per heavy atom. The molecule has 0 fully saturated rings. The van der Waals surface area contributed by atoms with Crippen molar-refractivity contribution in [2.75, 3.05) is 18.4 Å². The number of furan rings is 1. The third kappa shape index (κ3) is 3.87. The van der Waals surface area contributed by atoms with Gasteiger partial charge in [0.2, 0.25) is 0 Å². The SMILES string of the molecule is Cc1cc(-c2ccco2)ccc1NCCCC(C)CN. The lowest BCUT2D eigenvalue weighted by atomic mass is 10.1. The van der Waals surface area contributed by atoms with E-state index < -0.39 is 0 Å². The summed E-state index contributed by atoms with van der Waals surface area (Å²) in [6.07, 6.45) is 4.03. The van der Waals surface area contributed by atoms with Gasteiger partial charge in [-0.2, -0.15) is 0 Å². The van der Waals surface area contributed by atoms with Gasteiger partial charge in [-0.05, 0) is 68.1 Å². The highest BCUT2D eigenvalue weighted by atomic mass is 16.3. The Kier molecular flexibility index (Phi) is 5.24. The van der Waals surface area contributed by atoms with Crippen LogP contribution in [0.15, 0.2) is 41.0 Å². The number of nitrogens with two attached hydrogens (primary N) is 1. The first kappa shape index (κ1) is 14.7. The van der Waals surface area contributed by atoms with Gasteiger partial charge in [0.05, 0.1) is 6.26 Å². The summed E-state index contributed by atoms with van der Waals surface area (Å²) in [7, 11) is 0. The van der Waals surface area contributed by atoms with E-state index in [-0.39, 0.29) is 0 Å². The number of hydrogen-bond donors (Lipinski definition) is 2. The molecule has 1 aromatic carbocycles. The maximum Gasteiger partial charge on any atom is 0.133 e. The van der Waals surface area contributed by atoms with Crippen molar-refractivity contribution >= 4 is 5.69 Å². The van der Waals surface area contributed by atoms with Crippen molar-refractivity contribution in [2.24, 2.45) is 11.7 Å². The zero-order chi connectivity index (χ0) is 14.4. The minimum absolute atomic E-state index is 0.610. The summed E-state index contributed by atoms with van der Waals surface area (Å²) in [6.45, 7) is 6.09. The van der Waals surface area contributed by atoms with Crippen LogP contribution in [0.1, 0.15) is 25.3 Å². The van der Waals surface area contributed by atoms with Crippen LogP contribution in [0.3, 0.4) is 0 Å². The summed E-state index contributed by atoms with van der Waals surface area (Å²) >= 11 is 0. The molecule has 0 amide bonds. The van der Waals surface area contributed by atoms with Crippen molar-refractivity contribution < 1.29 is 4.42 Å². The molecule has 108 valence electrons. The van der Waals surface area contributed by atoms with Gasteiger partial charge in [0.15, 0.2) is 0 Å². The van der Waals surface area contributed by atoms with Crippen LogP contribution in [0, 0.1) is 12.8 Å².